The Balaban J connectivity index is 1.24. The fourth-order valence-electron chi connectivity index (χ4n) is 7.05. The molecule has 3 fully saturated rings. The molecule has 3 saturated heterocycles. The second-order valence-electron chi connectivity index (χ2n) is 13.7. The third-order valence-electron chi connectivity index (χ3n) is 9.84. The summed E-state index contributed by atoms with van der Waals surface area (Å²) in [7, 11) is 7.03. The number of rotatable bonds is 13. The van der Waals surface area contributed by atoms with Crippen molar-refractivity contribution in [2.75, 3.05) is 52.8 Å². The normalized spacial score (nSPS) is 18.4. The summed E-state index contributed by atoms with van der Waals surface area (Å²) in [5.74, 6) is 0.731. The lowest BCUT2D eigenvalue weighted by molar-refractivity contribution is -0.605. The topological polar surface area (TPSA) is 108 Å². The first-order valence-corrected chi connectivity index (χ1v) is 18.3. The molecule has 1 amide bonds. The number of hydrogen-bond acceptors (Lipinski definition) is 9. The molecule has 1 unspecified atom stereocenters. The van der Waals surface area contributed by atoms with E-state index in [1.165, 1.54) is 26.6 Å². The number of benzene rings is 3. The van der Waals surface area contributed by atoms with E-state index in [4.69, 9.17) is 42.1 Å². The van der Waals surface area contributed by atoms with Crippen LogP contribution in [-0.4, -0.2) is 75.9 Å². The first-order valence-electron chi connectivity index (χ1n) is 17.5. The lowest BCUT2D eigenvalue weighted by Gasteiger charge is -2.44. The molecule has 4 heterocycles. The van der Waals surface area contributed by atoms with Crippen LogP contribution in [0.15, 0.2) is 79.1 Å². The highest BCUT2D eigenvalue weighted by Gasteiger charge is 2.38. The van der Waals surface area contributed by atoms with Gasteiger partial charge in [0.05, 0.1) is 32.0 Å². The Labute approximate surface area is 320 Å². The number of halogens is 2. The minimum atomic E-state index is -0.857. The van der Waals surface area contributed by atoms with Gasteiger partial charge in [-0.15, -0.1) is 0 Å². The highest BCUT2D eigenvalue weighted by atomic mass is 35.5. The number of aromatic nitrogens is 1. The number of fused-ring (bicyclic) bond motifs is 3. The van der Waals surface area contributed by atoms with E-state index in [0.29, 0.717) is 45.4 Å². The number of amides is 1. The van der Waals surface area contributed by atoms with Crippen LogP contribution >= 0.6 is 23.2 Å². The highest BCUT2D eigenvalue weighted by molar-refractivity contribution is 6.35. The van der Waals surface area contributed by atoms with Gasteiger partial charge in [-0.05, 0) is 93.0 Å². The van der Waals surface area contributed by atoms with Gasteiger partial charge in [-0.1, -0.05) is 59.6 Å². The van der Waals surface area contributed by atoms with E-state index >= 15 is 0 Å². The van der Waals surface area contributed by atoms with Gasteiger partial charge in [-0.3, -0.25) is 9.80 Å². The van der Waals surface area contributed by atoms with Crippen molar-refractivity contribution in [2.24, 2.45) is 5.92 Å². The highest BCUT2D eigenvalue weighted by Crippen LogP contribution is 2.36. The van der Waals surface area contributed by atoms with E-state index in [1.807, 2.05) is 50.5 Å². The minimum absolute atomic E-state index is 0.0842. The lowest BCUT2D eigenvalue weighted by Crippen LogP contribution is -2.53. The van der Waals surface area contributed by atoms with Gasteiger partial charge in [0.2, 0.25) is 0 Å². The Kier molecular flexibility index (Phi) is 12.3. The van der Waals surface area contributed by atoms with Crippen LogP contribution in [0.25, 0.3) is 0 Å². The molecule has 3 aliphatic rings. The maximum absolute atomic E-state index is 14.0. The van der Waals surface area contributed by atoms with Crippen LogP contribution in [0.1, 0.15) is 51.6 Å². The second-order valence-corrected chi connectivity index (χ2v) is 14.5. The molecule has 0 saturated carbocycles. The summed E-state index contributed by atoms with van der Waals surface area (Å²) in [5.41, 5.74) is 3.92. The molecule has 2 atom stereocenters. The van der Waals surface area contributed by atoms with Gasteiger partial charge >= 0.3 is 12.1 Å². The van der Waals surface area contributed by atoms with Gasteiger partial charge in [-0.25, -0.2) is 9.59 Å². The molecule has 11 nitrogen and oxygen atoms in total. The zero-order valence-electron chi connectivity index (χ0n) is 30.3. The van der Waals surface area contributed by atoms with Crippen LogP contribution in [0.3, 0.4) is 0 Å². The van der Waals surface area contributed by atoms with Crippen LogP contribution in [0.2, 0.25) is 10.0 Å². The van der Waals surface area contributed by atoms with Crippen molar-refractivity contribution < 1.29 is 33.3 Å². The van der Waals surface area contributed by atoms with Gasteiger partial charge in [0.25, 0.3) is 0 Å². The number of para-hydroxylation sites is 1. The third kappa shape index (κ3) is 9.16. The zero-order valence-corrected chi connectivity index (χ0v) is 31.8. The number of methoxy groups -OCH3 is 2. The molecule has 7 rings (SSSR count). The molecular weight excluding hydrogens is 719 g/mol. The van der Waals surface area contributed by atoms with Gasteiger partial charge in [-0.2, -0.15) is 4.73 Å². The lowest BCUT2D eigenvalue weighted by atomic mass is 9.86. The molecule has 280 valence electrons. The Morgan fingerprint density at radius 3 is 2.23 bits per heavy atom. The molecule has 4 aromatic rings. The molecule has 0 aliphatic carbocycles. The van der Waals surface area contributed by atoms with Crippen molar-refractivity contribution in [3.63, 3.8) is 0 Å². The van der Waals surface area contributed by atoms with Crippen molar-refractivity contribution in [3.05, 3.63) is 122 Å². The van der Waals surface area contributed by atoms with Crippen molar-refractivity contribution in [2.45, 2.75) is 44.6 Å². The van der Waals surface area contributed by atoms with E-state index in [9.17, 15) is 14.8 Å². The number of carbonyl (C=O) groups is 2. The van der Waals surface area contributed by atoms with E-state index in [0.717, 1.165) is 49.3 Å². The predicted octanol–water partition coefficient (Wildman–Crippen LogP) is 7.08. The Morgan fingerprint density at radius 2 is 1.60 bits per heavy atom. The molecule has 0 spiro atoms. The van der Waals surface area contributed by atoms with E-state index in [1.54, 1.807) is 35.2 Å². The average molecular weight is 764 g/mol. The maximum Gasteiger partial charge on any atom is 0.414 e. The van der Waals surface area contributed by atoms with Crippen LogP contribution in [0.5, 0.6) is 11.5 Å². The molecule has 13 heteroatoms. The average Bonchev–Trinajstić information content (AvgIpc) is 3.15. The summed E-state index contributed by atoms with van der Waals surface area (Å²) in [6, 6.07) is 20.0. The van der Waals surface area contributed by atoms with Gasteiger partial charge < -0.3 is 29.1 Å². The van der Waals surface area contributed by atoms with Gasteiger partial charge in [0.15, 0.2) is 23.9 Å². The number of nitrogens with zero attached hydrogens (tertiary/aromatic N) is 4. The van der Waals surface area contributed by atoms with E-state index in [2.05, 4.69) is 9.80 Å². The number of piperidine rings is 3. The summed E-state index contributed by atoms with van der Waals surface area (Å²) in [5, 5.41) is 12.2. The first kappa shape index (κ1) is 38.2. The Morgan fingerprint density at radius 1 is 0.925 bits per heavy atom. The Bertz CT molecular complexity index is 1890. The molecular formula is C40H44Cl2N4O7. The number of anilines is 1. The van der Waals surface area contributed by atoms with Crippen LogP contribution in [0, 0.1) is 11.1 Å². The second kappa shape index (κ2) is 17.1. The fraction of sp³-hybridized carbons (Fsp3) is 0.375. The zero-order chi connectivity index (χ0) is 37.6. The first-order chi connectivity index (χ1) is 25.5. The smallest absolute Gasteiger partial charge is 0.414 e. The van der Waals surface area contributed by atoms with Crippen molar-refractivity contribution in [1.82, 2.24) is 9.80 Å². The molecule has 53 heavy (non-hydrogen) atoms. The van der Waals surface area contributed by atoms with Crippen molar-refractivity contribution >= 4 is 41.0 Å². The molecule has 2 bridgehead atoms. The summed E-state index contributed by atoms with van der Waals surface area (Å²) in [6.45, 7) is 3.73. The molecule has 3 aliphatic heterocycles. The maximum atomic E-state index is 14.0. The minimum Gasteiger partial charge on any atom is -0.619 e. The Hall–Kier alpha value is -4.55. The van der Waals surface area contributed by atoms with Gasteiger partial charge in [0, 0.05) is 25.1 Å². The molecule has 3 aromatic carbocycles. The number of pyridine rings is 1. The molecule has 0 N–H and O–H groups in total. The monoisotopic (exact) mass is 762 g/mol. The fourth-order valence-corrected chi connectivity index (χ4v) is 7.65. The standard InChI is InChI=1S/C40H44Cl2N4O7/c1-43(2)22-30-7-5-6-8-34(30)46(40(48)53-38-25-44-17-15-27(38)16-18-44)21-26-9-11-28(12-10-26)39(47)52-36(20-31-32(41)23-45(49)24-33(31)42)29-13-14-35(50-3)37(19-29)51-4/h5-14,19,23-24,27,36,38H,15-18,20-22,25H2,1-4H3/t36?,38-/m0/s1. The van der Waals surface area contributed by atoms with E-state index in [-0.39, 0.29) is 29.1 Å². The SMILES string of the molecule is COc1ccc(C(Cc2c(Cl)c[n+]([O-])cc2Cl)OC(=O)c2ccc(CN(C(=O)O[C@H]3CN4CCC3CC4)c3ccccc3CN(C)C)cc2)cc1OC. The van der Waals surface area contributed by atoms with Crippen LogP contribution < -0.4 is 19.1 Å². The molecule has 1 aromatic heterocycles. The van der Waals surface area contributed by atoms with Crippen LogP contribution in [0.4, 0.5) is 10.5 Å². The third-order valence-corrected chi connectivity index (χ3v) is 10.5. The summed E-state index contributed by atoms with van der Waals surface area (Å²) < 4.78 is 23.7. The number of ether oxygens (including phenoxy) is 4. The quantitative estimate of drug-likeness (QED) is 0.0802. The molecule has 0 radical (unpaired) electrons. The van der Waals surface area contributed by atoms with Crippen molar-refractivity contribution in [1.29, 1.82) is 0 Å². The van der Waals surface area contributed by atoms with Crippen molar-refractivity contribution in [3.8, 4) is 11.5 Å². The number of esters is 1. The summed E-state index contributed by atoms with van der Waals surface area (Å²) >= 11 is 12.9. The number of hydrogen-bond donors (Lipinski definition) is 0. The summed E-state index contributed by atoms with van der Waals surface area (Å²) in [6.07, 6.45) is 3.15. The largest absolute Gasteiger partial charge is 0.619 e. The van der Waals surface area contributed by atoms with E-state index < -0.39 is 18.2 Å². The summed E-state index contributed by atoms with van der Waals surface area (Å²) in [4.78, 5) is 33.8. The van der Waals surface area contributed by atoms with Crippen LogP contribution in [-0.2, 0) is 29.0 Å². The van der Waals surface area contributed by atoms with Gasteiger partial charge in [0.1, 0.15) is 22.3 Å². The predicted molar refractivity (Wildman–Crippen MR) is 203 cm³/mol. The number of carbonyl (C=O) groups excluding carboxylic acids is 2.